The van der Waals surface area contributed by atoms with Crippen LogP contribution < -0.4 is 4.74 Å². The highest BCUT2D eigenvalue weighted by atomic mass is 79.9. The molecule has 24 heavy (non-hydrogen) atoms. The highest BCUT2D eigenvalue weighted by Gasteiger charge is 2.14. The predicted octanol–water partition coefficient (Wildman–Crippen LogP) is 7.19. The van der Waals surface area contributed by atoms with Crippen molar-refractivity contribution in [3.63, 3.8) is 0 Å². The second-order valence-corrected chi connectivity index (χ2v) is 7.47. The average molecular weight is 391 g/mol. The molecule has 0 bridgehead atoms. The van der Waals surface area contributed by atoms with Crippen molar-refractivity contribution in [2.24, 2.45) is 5.41 Å². The predicted molar refractivity (Wildman–Crippen MR) is 111 cm³/mol. The summed E-state index contributed by atoms with van der Waals surface area (Å²) >= 11 is 3.43. The first-order chi connectivity index (χ1) is 11.5. The van der Waals surface area contributed by atoms with Gasteiger partial charge in [0.2, 0.25) is 0 Å². The molecule has 132 valence electrons. The zero-order valence-electron chi connectivity index (χ0n) is 15.4. The van der Waals surface area contributed by atoms with Gasteiger partial charge in [-0.15, -0.1) is 6.58 Å². The van der Waals surface area contributed by atoms with Gasteiger partial charge in [0, 0.05) is 10.7 Å². The summed E-state index contributed by atoms with van der Waals surface area (Å²) in [7, 11) is 0. The van der Waals surface area contributed by atoms with Crippen LogP contribution in [0.2, 0.25) is 0 Å². The first-order valence-electron chi connectivity index (χ1n) is 8.74. The van der Waals surface area contributed by atoms with Crippen molar-refractivity contribution < 1.29 is 4.74 Å². The van der Waals surface area contributed by atoms with E-state index in [4.69, 9.17) is 4.74 Å². The van der Waals surface area contributed by atoms with Crippen molar-refractivity contribution in [3.8, 4) is 5.75 Å². The molecular weight excluding hydrogens is 360 g/mol. The van der Waals surface area contributed by atoms with E-state index in [9.17, 15) is 0 Å². The Bertz CT molecular complexity index is 538. The molecule has 0 spiro atoms. The summed E-state index contributed by atoms with van der Waals surface area (Å²) in [6, 6.07) is 8.30. The third kappa shape index (κ3) is 8.54. The molecule has 0 radical (unpaired) electrons. The quantitative estimate of drug-likeness (QED) is 0.220. The number of halogens is 1. The lowest BCUT2D eigenvalue weighted by atomic mass is 9.84. The van der Waals surface area contributed by atoms with Gasteiger partial charge in [-0.1, -0.05) is 64.9 Å². The van der Waals surface area contributed by atoms with Crippen LogP contribution in [-0.2, 0) is 0 Å². The monoisotopic (exact) mass is 390 g/mol. The summed E-state index contributed by atoms with van der Waals surface area (Å²) in [5.74, 6) is 0.941. The second-order valence-electron chi connectivity index (χ2n) is 6.68. The van der Waals surface area contributed by atoms with E-state index in [-0.39, 0.29) is 5.41 Å². The summed E-state index contributed by atoms with van der Waals surface area (Å²) in [6.07, 6.45) is 13.2. The van der Waals surface area contributed by atoms with Gasteiger partial charge in [-0.25, -0.2) is 0 Å². The largest absolute Gasteiger partial charge is 0.494 e. The molecule has 0 saturated carbocycles. The lowest BCUT2D eigenvalue weighted by molar-refractivity contribution is 0.310. The minimum Gasteiger partial charge on any atom is -0.494 e. The van der Waals surface area contributed by atoms with Crippen LogP contribution in [0.25, 0.3) is 6.08 Å². The molecule has 1 rings (SSSR count). The lowest BCUT2D eigenvalue weighted by Gasteiger charge is -2.20. The molecule has 1 atom stereocenters. The first-order valence-corrected chi connectivity index (χ1v) is 9.86. The summed E-state index contributed by atoms with van der Waals surface area (Å²) in [5.41, 5.74) is 2.59. The van der Waals surface area contributed by atoms with Crippen molar-refractivity contribution in [3.05, 3.63) is 60.2 Å². The van der Waals surface area contributed by atoms with E-state index in [0.29, 0.717) is 0 Å². The topological polar surface area (TPSA) is 9.23 Å². The third-order valence-corrected chi connectivity index (χ3v) is 4.60. The highest BCUT2D eigenvalue weighted by molar-refractivity contribution is 9.09. The number of alkyl halides is 1. The third-order valence-electron chi connectivity index (χ3n) is 4.04. The van der Waals surface area contributed by atoms with E-state index in [2.05, 4.69) is 73.6 Å². The summed E-state index contributed by atoms with van der Waals surface area (Å²) < 4.78 is 5.74. The van der Waals surface area contributed by atoms with Gasteiger partial charge in [0.05, 0.1) is 6.61 Å². The SMILES string of the molecule is C=C[C@@](C)(/C=C/c1ccc(OCCCCBr)cc1)CCC=C(C)C. The molecule has 0 aromatic heterocycles. The van der Waals surface area contributed by atoms with E-state index >= 15 is 0 Å². The van der Waals surface area contributed by atoms with Gasteiger partial charge in [-0.2, -0.15) is 0 Å². The fraction of sp³-hybridized carbons (Fsp3) is 0.455. The Morgan fingerprint density at radius 3 is 2.50 bits per heavy atom. The summed E-state index contributed by atoms with van der Waals surface area (Å²) in [4.78, 5) is 0. The van der Waals surface area contributed by atoms with Crippen LogP contribution >= 0.6 is 15.9 Å². The Hall–Kier alpha value is -1.28. The van der Waals surface area contributed by atoms with Crippen LogP contribution in [0.1, 0.15) is 52.0 Å². The van der Waals surface area contributed by atoms with Gasteiger partial charge < -0.3 is 4.74 Å². The van der Waals surface area contributed by atoms with Crippen LogP contribution in [0.4, 0.5) is 0 Å². The Morgan fingerprint density at radius 1 is 1.21 bits per heavy atom. The van der Waals surface area contributed by atoms with Crippen LogP contribution in [0.5, 0.6) is 5.75 Å². The Labute approximate surface area is 156 Å². The number of allylic oxidation sites excluding steroid dienone is 4. The maximum atomic E-state index is 5.74. The molecule has 0 N–H and O–H groups in total. The van der Waals surface area contributed by atoms with Crippen LogP contribution in [0.3, 0.4) is 0 Å². The highest BCUT2D eigenvalue weighted by Crippen LogP contribution is 2.28. The van der Waals surface area contributed by atoms with Crippen molar-refractivity contribution >= 4 is 22.0 Å². The van der Waals surface area contributed by atoms with Crippen LogP contribution in [0.15, 0.2) is 54.6 Å². The van der Waals surface area contributed by atoms with Gasteiger partial charge in [0.15, 0.2) is 0 Å². The average Bonchev–Trinajstić information content (AvgIpc) is 2.58. The fourth-order valence-corrected chi connectivity index (χ4v) is 2.67. The summed E-state index contributed by atoms with van der Waals surface area (Å²) in [6.45, 7) is 11.3. The number of unbranched alkanes of at least 4 members (excludes halogenated alkanes) is 1. The van der Waals surface area contributed by atoms with Gasteiger partial charge in [-0.3, -0.25) is 0 Å². The van der Waals surface area contributed by atoms with Gasteiger partial charge >= 0.3 is 0 Å². The minimum absolute atomic E-state index is 0.0246. The van der Waals surface area contributed by atoms with E-state index in [0.717, 1.165) is 43.4 Å². The molecule has 0 aliphatic rings. The zero-order valence-corrected chi connectivity index (χ0v) is 16.9. The standard InChI is InChI=1S/C22H31BrO/c1-5-22(4,15-8-9-19(2)3)16-14-20-10-12-21(13-11-20)24-18-7-6-17-23/h5,9-14,16H,1,6-8,15,17-18H2,2-4H3/b16-14+/t22-/m1/s1. The first kappa shape index (κ1) is 20.8. The molecule has 2 heteroatoms. The number of benzene rings is 1. The van der Waals surface area contributed by atoms with E-state index in [1.165, 1.54) is 11.1 Å². The second kappa shape index (κ2) is 11.3. The normalized spacial score (nSPS) is 13.5. The van der Waals surface area contributed by atoms with Gasteiger partial charge in [0.25, 0.3) is 0 Å². The molecule has 0 aliphatic carbocycles. The smallest absolute Gasteiger partial charge is 0.119 e. The van der Waals surface area contributed by atoms with Gasteiger partial charge in [0.1, 0.15) is 5.75 Å². The molecular formula is C22H31BrO. The van der Waals surface area contributed by atoms with Crippen molar-refractivity contribution in [1.82, 2.24) is 0 Å². The number of hydrogen-bond donors (Lipinski definition) is 0. The fourth-order valence-electron chi connectivity index (χ4n) is 2.27. The number of rotatable bonds is 11. The molecule has 0 saturated heterocycles. The Kier molecular flexibility index (Phi) is 9.78. The van der Waals surface area contributed by atoms with E-state index < -0.39 is 0 Å². The van der Waals surface area contributed by atoms with E-state index in [1.54, 1.807) is 0 Å². The van der Waals surface area contributed by atoms with E-state index in [1.807, 2.05) is 18.2 Å². The Morgan fingerprint density at radius 2 is 1.92 bits per heavy atom. The van der Waals surface area contributed by atoms with Crippen LogP contribution in [0, 0.1) is 5.41 Å². The molecule has 1 aromatic rings. The molecule has 0 amide bonds. The van der Waals surface area contributed by atoms with Crippen molar-refractivity contribution in [1.29, 1.82) is 0 Å². The lowest BCUT2D eigenvalue weighted by Crippen LogP contribution is -2.08. The number of hydrogen-bond acceptors (Lipinski definition) is 1. The molecule has 1 nitrogen and oxygen atoms in total. The molecule has 0 aliphatic heterocycles. The number of ether oxygens (including phenoxy) is 1. The molecule has 0 heterocycles. The molecule has 0 fully saturated rings. The van der Waals surface area contributed by atoms with Crippen molar-refractivity contribution in [2.75, 3.05) is 11.9 Å². The minimum atomic E-state index is 0.0246. The van der Waals surface area contributed by atoms with Gasteiger partial charge in [-0.05, 0) is 57.2 Å². The Balaban J connectivity index is 2.58. The zero-order chi connectivity index (χ0) is 17.8. The molecule has 0 unspecified atom stereocenters. The molecule has 1 aromatic carbocycles. The maximum Gasteiger partial charge on any atom is 0.119 e. The van der Waals surface area contributed by atoms with Crippen LogP contribution in [-0.4, -0.2) is 11.9 Å². The summed E-state index contributed by atoms with van der Waals surface area (Å²) in [5, 5.41) is 1.04. The van der Waals surface area contributed by atoms with Crippen molar-refractivity contribution in [2.45, 2.75) is 46.5 Å². The maximum absolute atomic E-state index is 5.74.